The number of methoxy groups -OCH3 is 1. The van der Waals surface area contributed by atoms with Crippen molar-refractivity contribution in [3.8, 4) is 11.8 Å². The molecule has 3 nitrogen and oxygen atoms in total. The molecule has 0 fully saturated rings. The van der Waals surface area contributed by atoms with Crippen LogP contribution in [0, 0.1) is 30.1 Å². The Balaban J connectivity index is 2.84. The number of aryl methyl sites for hydroxylation is 1. The van der Waals surface area contributed by atoms with E-state index in [0.29, 0.717) is 17.5 Å². The highest BCUT2D eigenvalue weighted by Gasteiger charge is 2.13. The number of anilines is 1. The fraction of sp³-hybridized carbons (Fsp3) is 0.500. The van der Waals surface area contributed by atoms with Gasteiger partial charge in [-0.15, -0.1) is 0 Å². The molecule has 0 bridgehead atoms. The number of nitriles is 1. The molecule has 0 amide bonds. The van der Waals surface area contributed by atoms with Crippen LogP contribution in [-0.4, -0.2) is 13.7 Å². The Morgan fingerprint density at radius 3 is 2.61 bits per heavy atom. The van der Waals surface area contributed by atoms with Crippen molar-refractivity contribution in [2.24, 2.45) is 11.8 Å². The van der Waals surface area contributed by atoms with Crippen LogP contribution in [0.5, 0.6) is 5.75 Å². The summed E-state index contributed by atoms with van der Waals surface area (Å²) in [6.07, 6.45) is 0. The van der Waals surface area contributed by atoms with E-state index in [1.54, 1.807) is 7.11 Å². The van der Waals surface area contributed by atoms with Gasteiger partial charge in [-0.05, 0) is 30.5 Å². The van der Waals surface area contributed by atoms with Crippen molar-refractivity contribution < 1.29 is 4.74 Å². The molecule has 0 saturated carbocycles. The number of hydrogen-bond donors (Lipinski definition) is 1. The Labute approximate surface area is 114 Å². The molecule has 0 radical (unpaired) electrons. The first kappa shape index (κ1) is 14.7. The molecule has 0 saturated heterocycles. The molecule has 1 rings (SSSR count). The van der Waals surface area contributed by atoms with Crippen LogP contribution >= 0.6 is 11.6 Å². The summed E-state index contributed by atoms with van der Waals surface area (Å²) < 4.78 is 5.30. The van der Waals surface area contributed by atoms with Crippen LogP contribution in [0.1, 0.15) is 19.4 Å². The van der Waals surface area contributed by atoms with Gasteiger partial charge in [0.15, 0.2) is 0 Å². The number of nitrogens with one attached hydrogen (secondary N) is 1. The molecule has 1 aromatic rings. The van der Waals surface area contributed by atoms with E-state index in [0.717, 1.165) is 17.0 Å². The van der Waals surface area contributed by atoms with Crippen LogP contribution in [0.15, 0.2) is 12.1 Å². The molecule has 1 aromatic carbocycles. The van der Waals surface area contributed by atoms with Gasteiger partial charge in [0.25, 0.3) is 0 Å². The van der Waals surface area contributed by atoms with Crippen molar-refractivity contribution in [1.29, 1.82) is 5.26 Å². The monoisotopic (exact) mass is 266 g/mol. The molecule has 0 aliphatic rings. The lowest BCUT2D eigenvalue weighted by atomic mass is 9.97. The molecule has 0 heterocycles. The molecular formula is C14H19ClN2O. The first-order valence-corrected chi connectivity index (χ1v) is 6.35. The smallest absolute Gasteiger partial charge is 0.142 e. The zero-order chi connectivity index (χ0) is 13.7. The van der Waals surface area contributed by atoms with Gasteiger partial charge in [0.05, 0.1) is 24.8 Å². The zero-order valence-electron chi connectivity index (χ0n) is 11.2. The van der Waals surface area contributed by atoms with Crippen molar-refractivity contribution >= 4 is 17.3 Å². The molecule has 0 spiro atoms. The van der Waals surface area contributed by atoms with Crippen LogP contribution in [0.3, 0.4) is 0 Å². The van der Waals surface area contributed by atoms with E-state index in [-0.39, 0.29) is 5.92 Å². The van der Waals surface area contributed by atoms with Crippen molar-refractivity contribution in [2.45, 2.75) is 20.8 Å². The second kappa shape index (κ2) is 6.51. The predicted molar refractivity (Wildman–Crippen MR) is 75.2 cm³/mol. The second-order valence-corrected chi connectivity index (χ2v) is 5.07. The topological polar surface area (TPSA) is 45.0 Å². The Kier molecular flexibility index (Phi) is 5.30. The van der Waals surface area contributed by atoms with Crippen molar-refractivity contribution in [1.82, 2.24) is 0 Å². The summed E-state index contributed by atoms with van der Waals surface area (Å²) in [5.74, 6) is 1.03. The molecular weight excluding hydrogens is 248 g/mol. The summed E-state index contributed by atoms with van der Waals surface area (Å²) in [7, 11) is 1.62. The SMILES string of the molecule is COc1cc(C)c(Cl)cc1NCC(C#N)C(C)C. The largest absolute Gasteiger partial charge is 0.495 e. The Morgan fingerprint density at radius 1 is 1.44 bits per heavy atom. The minimum absolute atomic E-state index is 0.0326. The summed E-state index contributed by atoms with van der Waals surface area (Å²) in [6.45, 7) is 6.59. The lowest BCUT2D eigenvalue weighted by molar-refractivity contribution is 0.415. The average Bonchev–Trinajstić information content (AvgIpc) is 2.33. The number of rotatable bonds is 5. The van der Waals surface area contributed by atoms with Gasteiger partial charge in [0.2, 0.25) is 0 Å². The first-order valence-electron chi connectivity index (χ1n) is 5.97. The maximum atomic E-state index is 9.05. The van der Waals surface area contributed by atoms with E-state index >= 15 is 0 Å². The molecule has 98 valence electrons. The van der Waals surface area contributed by atoms with Gasteiger partial charge in [0.1, 0.15) is 5.75 Å². The maximum Gasteiger partial charge on any atom is 0.142 e. The van der Waals surface area contributed by atoms with E-state index in [1.165, 1.54) is 0 Å². The molecule has 0 aliphatic heterocycles. The third-order valence-corrected chi connectivity index (χ3v) is 3.37. The van der Waals surface area contributed by atoms with Crippen molar-refractivity contribution in [2.75, 3.05) is 19.0 Å². The fourth-order valence-corrected chi connectivity index (χ4v) is 1.78. The number of nitrogens with zero attached hydrogens (tertiary/aromatic N) is 1. The van der Waals surface area contributed by atoms with Crippen LogP contribution in [0.25, 0.3) is 0 Å². The van der Waals surface area contributed by atoms with Gasteiger partial charge >= 0.3 is 0 Å². The highest BCUT2D eigenvalue weighted by Crippen LogP contribution is 2.31. The number of benzene rings is 1. The molecule has 1 atom stereocenters. The molecule has 1 unspecified atom stereocenters. The van der Waals surface area contributed by atoms with Gasteiger partial charge < -0.3 is 10.1 Å². The van der Waals surface area contributed by atoms with E-state index in [2.05, 4.69) is 11.4 Å². The molecule has 4 heteroatoms. The second-order valence-electron chi connectivity index (χ2n) is 4.66. The van der Waals surface area contributed by atoms with E-state index in [9.17, 15) is 0 Å². The Hall–Kier alpha value is -1.40. The molecule has 0 aromatic heterocycles. The Morgan fingerprint density at radius 2 is 2.11 bits per heavy atom. The summed E-state index contributed by atoms with van der Waals surface area (Å²) in [6, 6.07) is 6.03. The van der Waals surface area contributed by atoms with Gasteiger partial charge in [-0.1, -0.05) is 25.4 Å². The minimum atomic E-state index is -0.0326. The van der Waals surface area contributed by atoms with Crippen LogP contribution in [0.4, 0.5) is 5.69 Å². The van der Waals surface area contributed by atoms with Crippen LogP contribution in [-0.2, 0) is 0 Å². The van der Waals surface area contributed by atoms with Crippen molar-refractivity contribution in [3.05, 3.63) is 22.7 Å². The predicted octanol–water partition coefficient (Wildman–Crippen LogP) is 3.86. The fourth-order valence-electron chi connectivity index (χ4n) is 1.61. The molecule has 0 aliphatic carbocycles. The molecule has 18 heavy (non-hydrogen) atoms. The first-order chi connectivity index (χ1) is 8.49. The van der Waals surface area contributed by atoms with Crippen molar-refractivity contribution in [3.63, 3.8) is 0 Å². The summed E-state index contributed by atoms with van der Waals surface area (Å²) in [4.78, 5) is 0. The van der Waals surface area contributed by atoms with Crippen LogP contribution < -0.4 is 10.1 Å². The van der Waals surface area contributed by atoms with Gasteiger partial charge in [-0.2, -0.15) is 5.26 Å². The summed E-state index contributed by atoms with van der Waals surface area (Å²) in [5.41, 5.74) is 1.80. The van der Waals surface area contributed by atoms with E-state index in [4.69, 9.17) is 21.6 Å². The number of ether oxygens (including phenoxy) is 1. The highest BCUT2D eigenvalue weighted by atomic mass is 35.5. The Bertz CT molecular complexity index is 452. The average molecular weight is 267 g/mol. The van der Waals surface area contributed by atoms with Gasteiger partial charge in [-0.3, -0.25) is 0 Å². The van der Waals surface area contributed by atoms with Gasteiger partial charge in [-0.25, -0.2) is 0 Å². The normalized spacial score (nSPS) is 12.1. The summed E-state index contributed by atoms with van der Waals surface area (Å²) >= 11 is 6.09. The van der Waals surface area contributed by atoms with Gasteiger partial charge in [0, 0.05) is 11.6 Å². The number of hydrogen-bond acceptors (Lipinski definition) is 3. The quantitative estimate of drug-likeness (QED) is 0.880. The maximum absolute atomic E-state index is 9.05. The van der Waals surface area contributed by atoms with Crippen LogP contribution in [0.2, 0.25) is 5.02 Å². The third-order valence-electron chi connectivity index (χ3n) is 2.96. The van der Waals surface area contributed by atoms with E-state index < -0.39 is 0 Å². The minimum Gasteiger partial charge on any atom is -0.495 e. The molecule has 1 N–H and O–H groups in total. The highest BCUT2D eigenvalue weighted by molar-refractivity contribution is 6.31. The zero-order valence-corrected chi connectivity index (χ0v) is 12.0. The lowest BCUT2D eigenvalue weighted by Crippen LogP contribution is -2.18. The van der Waals surface area contributed by atoms with E-state index in [1.807, 2.05) is 32.9 Å². The lowest BCUT2D eigenvalue weighted by Gasteiger charge is -2.17. The third kappa shape index (κ3) is 3.54. The number of halogens is 1. The summed E-state index contributed by atoms with van der Waals surface area (Å²) in [5, 5.41) is 13.0. The standard InChI is InChI=1S/C14H19ClN2O/c1-9(2)11(7-16)8-17-13-6-12(15)10(3)5-14(13)18-4/h5-6,9,11,17H,8H2,1-4H3.